The first-order valence-corrected chi connectivity index (χ1v) is 9.59. The van der Waals surface area contributed by atoms with Crippen LogP contribution < -0.4 is 15.4 Å². The molecular formula is C20H30N2O4. The molecule has 6 heteroatoms. The molecule has 0 aromatic heterocycles. The van der Waals surface area contributed by atoms with Crippen LogP contribution in [0.15, 0.2) is 24.3 Å². The predicted molar refractivity (Wildman–Crippen MR) is 99.0 cm³/mol. The van der Waals surface area contributed by atoms with Crippen LogP contribution >= 0.6 is 0 Å². The fraction of sp³-hybridized carbons (Fsp3) is 0.650. The van der Waals surface area contributed by atoms with Crippen molar-refractivity contribution in [3.8, 4) is 5.75 Å². The average Bonchev–Trinajstić information content (AvgIpc) is 3.09. The highest BCUT2D eigenvalue weighted by atomic mass is 16.7. The van der Waals surface area contributed by atoms with Gasteiger partial charge in [-0.1, -0.05) is 26.0 Å². The maximum atomic E-state index is 12.1. The summed E-state index contributed by atoms with van der Waals surface area (Å²) in [6, 6.07) is 7.91. The van der Waals surface area contributed by atoms with Crippen molar-refractivity contribution < 1.29 is 19.0 Å². The topological polar surface area (TPSA) is 68.8 Å². The fourth-order valence-corrected chi connectivity index (χ4v) is 3.37. The molecule has 1 saturated heterocycles. The number of rotatable bonds is 6. The van der Waals surface area contributed by atoms with Crippen LogP contribution in [0.3, 0.4) is 0 Å². The van der Waals surface area contributed by atoms with E-state index in [1.165, 1.54) is 0 Å². The third-order valence-corrected chi connectivity index (χ3v) is 4.86. The van der Waals surface area contributed by atoms with E-state index < -0.39 is 0 Å². The molecular weight excluding hydrogens is 332 g/mol. The highest BCUT2D eigenvalue weighted by molar-refractivity contribution is 5.74. The largest absolute Gasteiger partial charge is 0.493 e. The quantitative estimate of drug-likeness (QED) is 0.815. The van der Waals surface area contributed by atoms with Gasteiger partial charge >= 0.3 is 6.03 Å². The molecule has 1 aliphatic carbocycles. The van der Waals surface area contributed by atoms with Crippen LogP contribution in [-0.2, 0) is 16.0 Å². The van der Waals surface area contributed by atoms with Gasteiger partial charge in [-0.2, -0.15) is 0 Å². The molecule has 1 heterocycles. The monoisotopic (exact) mass is 362 g/mol. The molecule has 1 aliphatic heterocycles. The Balaban J connectivity index is 1.36. The number of ether oxygens (including phenoxy) is 3. The minimum Gasteiger partial charge on any atom is -0.493 e. The molecule has 6 nitrogen and oxygen atoms in total. The van der Waals surface area contributed by atoms with E-state index in [4.69, 9.17) is 14.2 Å². The molecule has 2 N–H and O–H groups in total. The van der Waals surface area contributed by atoms with Gasteiger partial charge in [0.25, 0.3) is 0 Å². The Morgan fingerprint density at radius 3 is 2.46 bits per heavy atom. The average molecular weight is 362 g/mol. The second kappa shape index (κ2) is 8.73. The molecule has 2 fully saturated rings. The SMILES string of the molecule is CC(C)COc1ccc(CNC(=O)NC2CCC3(CC2)OCCO3)cc1. The normalized spacial score (nSPS) is 19.7. The van der Waals surface area contributed by atoms with E-state index in [-0.39, 0.29) is 17.9 Å². The van der Waals surface area contributed by atoms with Gasteiger partial charge in [-0.3, -0.25) is 0 Å². The summed E-state index contributed by atoms with van der Waals surface area (Å²) in [5, 5.41) is 5.98. The number of hydrogen-bond donors (Lipinski definition) is 2. The van der Waals surface area contributed by atoms with Crippen LogP contribution in [0.2, 0.25) is 0 Å². The molecule has 1 saturated carbocycles. The number of carbonyl (C=O) groups excluding carboxylic acids is 1. The molecule has 2 aliphatic rings. The first-order chi connectivity index (χ1) is 12.5. The lowest BCUT2D eigenvalue weighted by atomic mass is 9.90. The van der Waals surface area contributed by atoms with E-state index in [1.54, 1.807) is 0 Å². The molecule has 1 aromatic rings. The fourth-order valence-electron chi connectivity index (χ4n) is 3.37. The molecule has 144 valence electrons. The smallest absolute Gasteiger partial charge is 0.315 e. The van der Waals surface area contributed by atoms with Crippen LogP contribution in [0.1, 0.15) is 45.1 Å². The zero-order chi connectivity index (χ0) is 18.4. The predicted octanol–water partition coefficient (Wildman–Crippen LogP) is 3.21. The Morgan fingerprint density at radius 1 is 1.19 bits per heavy atom. The van der Waals surface area contributed by atoms with Crippen LogP contribution in [0.4, 0.5) is 4.79 Å². The number of hydrogen-bond acceptors (Lipinski definition) is 4. The van der Waals surface area contributed by atoms with Gasteiger partial charge in [0.1, 0.15) is 5.75 Å². The molecule has 1 aromatic carbocycles. The van der Waals surface area contributed by atoms with Gasteiger partial charge < -0.3 is 24.8 Å². The van der Waals surface area contributed by atoms with E-state index in [9.17, 15) is 4.79 Å². The summed E-state index contributed by atoms with van der Waals surface area (Å²) in [4.78, 5) is 12.1. The van der Waals surface area contributed by atoms with Gasteiger partial charge in [0.05, 0.1) is 19.8 Å². The third kappa shape index (κ3) is 5.35. The van der Waals surface area contributed by atoms with E-state index in [0.717, 1.165) is 37.0 Å². The Bertz CT molecular complexity index is 572. The summed E-state index contributed by atoms with van der Waals surface area (Å²) in [7, 11) is 0. The van der Waals surface area contributed by atoms with Crippen LogP contribution in [0, 0.1) is 5.92 Å². The summed E-state index contributed by atoms with van der Waals surface area (Å²) in [6.45, 7) is 6.81. The van der Waals surface area contributed by atoms with E-state index >= 15 is 0 Å². The van der Waals surface area contributed by atoms with Gasteiger partial charge in [0, 0.05) is 25.4 Å². The highest BCUT2D eigenvalue weighted by Crippen LogP contribution is 2.35. The van der Waals surface area contributed by atoms with Crippen molar-refractivity contribution in [3.05, 3.63) is 29.8 Å². The van der Waals surface area contributed by atoms with Crippen LogP contribution in [0.25, 0.3) is 0 Å². The van der Waals surface area contributed by atoms with Gasteiger partial charge in [-0.05, 0) is 36.5 Å². The standard InChI is InChI=1S/C20H30N2O4/c1-15(2)14-24-18-5-3-16(4-6-18)13-21-19(23)22-17-7-9-20(10-8-17)25-11-12-26-20/h3-6,15,17H,7-14H2,1-2H3,(H2,21,22,23). The van der Waals surface area contributed by atoms with E-state index in [0.29, 0.717) is 32.3 Å². The molecule has 3 rings (SSSR count). The Morgan fingerprint density at radius 2 is 1.85 bits per heavy atom. The second-order valence-corrected chi connectivity index (χ2v) is 7.56. The molecule has 1 spiro atoms. The number of nitrogens with one attached hydrogen (secondary N) is 2. The molecule has 2 amide bonds. The van der Waals surface area contributed by atoms with Crippen molar-refractivity contribution in [2.45, 2.75) is 57.9 Å². The summed E-state index contributed by atoms with van der Waals surface area (Å²) < 4.78 is 17.1. The van der Waals surface area contributed by atoms with E-state index in [2.05, 4.69) is 24.5 Å². The highest BCUT2D eigenvalue weighted by Gasteiger charge is 2.40. The lowest BCUT2D eigenvalue weighted by Gasteiger charge is -2.35. The second-order valence-electron chi connectivity index (χ2n) is 7.56. The van der Waals surface area contributed by atoms with Crippen molar-refractivity contribution in [1.29, 1.82) is 0 Å². The molecule has 0 atom stereocenters. The molecule has 26 heavy (non-hydrogen) atoms. The van der Waals surface area contributed by atoms with Gasteiger partial charge in [0.2, 0.25) is 0 Å². The lowest BCUT2D eigenvalue weighted by molar-refractivity contribution is -0.179. The van der Waals surface area contributed by atoms with Gasteiger partial charge in [-0.25, -0.2) is 4.79 Å². The number of benzene rings is 1. The molecule has 0 unspecified atom stereocenters. The van der Waals surface area contributed by atoms with E-state index in [1.807, 2.05) is 24.3 Å². The zero-order valence-electron chi connectivity index (χ0n) is 15.8. The van der Waals surface area contributed by atoms with Crippen molar-refractivity contribution in [2.24, 2.45) is 5.92 Å². The third-order valence-electron chi connectivity index (χ3n) is 4.86. The maximum Gasteiger partial charge on any atom is 0.315 e. The van der Waals surface area contributed by atoms with Crippen molar-refractivity contribution >= 4 is 6.03 Å². The minimum absolute atomic E-state index is 0.126. The van der Waals surface area contributed by atoms with Gasteiger partial charge in [-0.15, -0.1) is 0 Å². The number of urea groups is 1. The Hall–Kier alpha value is -1.79. The summed E-state index contributed by atoms with van der Waals surface area (Å²) in [5.74, 6) is 0.981. The van der Waals surface area contributed by atoms with Crippen molar-refractivity contribution in [3.63, 3.8) is 0 Å². The first-order valence-electron chi connectivity index (χ1n) is 9.59. The van der Waals surface area contributed by atoms with Gasteiger partial charge in [0.15, 0.2) is 5.79 Å². The summed E-state index contributed by atoms with van der Waals surface area (Å²) in [6.07, 6.45) is 3.45. The molecule has 0 radical (unpaired) electrons. The Labute approximate surface area is 155 Å². The maximum absolute atomic E-state index is 12.1. The zero-order valence-corrected chi connectivity index (χ0v) is 15.8. The first kappa shape index (κ1) is 19.0. The lowest BCUT2D eigenvalue weighted by Crippen LogP contribution is -2.47. The summed E-state index contributed by atoms with van der Waals surface area (Å²) in [5.41, 5.74) is 1.05. The minimum atomic E-state index is -0.381. The van der Waals surface area contributed by atoms with Crippen molar-refractivity contribution in [1.82, 2.24) is 10.6 Å². The number of amides is 2. The van der Waals surface area contributed by atoms with Crippen LogP contribution in [0.5, 0.6) is 5.75 Å². The Kier molecular flexibility index (Phi) is 6.38. The molecule has 0 bridgehead atoms. The summed E-state index contributed by atoms with van der Waals surface area (Å²) >= 11 is 0. The van der Waals surface area contributed by atoms with Crippen LogP contribution in [-0.4, -0.2) is 37.7 Å². The van der Waals surface area contributed by atoms with Crippen molar-refractivity contribution in [2.75, 3.05) is 19.8 Å². The number of carbonyl (C=O) groups is 1.